The maximum atomic E-state index is 13.6. The zero-order chi connectivity index (χ0) is 37.0. The monoisotopic (exact) mass is 839 g/mol. The van der Waals surface area contributed by atoms with Crippen LogP contribution in [0.5, 0.6) is 0 Å². The molecule has 18 nitrogen and oxygen atoms in total. The summed E-state index contributed by atoms with van der Waals surface area (Å²) in [5.41, 5.74) is 2.46. The Kier molecular flexibility index (Phi) is 14.7. The molecule has 1 aliphatic rings. The number of anilines is 7. The van der Waals surface area contributed by atoms with Crippen molar-refractivity contribution in [2.24, 2.45) is 0 Å². The van der Waals surface area contributed by atoms with E-state index in [1.54, 1.807) is 0 Å². The van der Waals surface area contributed by atoms with E-state index in [0.717, 1.165) is 18.2 Å². The Morgan fingerprint density at radius 1 is 0.556 bits per heavy atom. The first-order valence-electron chi connectivity index (χ1n) is 13.8. The minimum atomic E-state index is -5.37. The van der Waals surface area contributed by atoms with Gasteiger partial charge in [0.2, 0.25) is 17.2 Å². The predicted molar refractivity (Wildman–Crippen MR) is 176 cm³/mol. The molecule has 54 heavy (non-hydrogen) atoms. The fourth-order valence-corrected chi connectivity index (χ4v) is 7.24. The van der Waals surface area contributed by atoms with Gasteiger partial charge in [0.25, 0.3) is 0 Å². The topological polar surface area (TPSA) is 307 Å². The number of benzene rings is 4. The van der Waals surface area contributed by atoms with Crippen molar-refractivity contribution in [3.8, 4) is 0 Å². The zero-order valence-corrected chi connectivity index (χ0v) is 37.1. The average molecular weight is 840 g/mol. The van der Waals surface area contributed by atoms with Gasteiger partial charge in [-0.2, -0.15) is 15.0 Å². The third-order valence-electron chi connectivity index (χ3n) is 7.26. The number of nitrogens with two attached hydrogens (primary N) is 1. The molecular weight excluding hydrogens is 823 g/mol. The SMILES string of the molecule is Nc1c(S(=O)(=O)[O-])cc(Nc2ccc(Nc3nc(Cl)nc(Nc4ccccc4S(=O)(=O)[O-])n3)cc2S(=O)(=O)[O-])c2c1C(=O)c1ccccc1C2=O.[Na+].[Na+].[Na+]. The van der Waals surface area contributed by atoms with Crippen LogP contribution >= 0.6 is 11.6 Å². The van der Waals surface area contributed by atoms with Gasteiger partial charge in [-0.05, 0) is 48.0 Å². The number of rotatable bonds is 9. The van der Waals surface area contributed by atoms with Gasteiger partial charge >= 0.3 is 88.7 Å². The maximum absolute atomic E-state index is 13.6. The minimum absolute atomic E-state index is 0. The van der Waals surface area contributed by atoms with Crippen LogP contribution in [0.4, 0.5) is 40.3 Å². The largest absolute Gasteiger partial charge is 1.00 e. The molecule has 262 valence electrons. The number of nitrogen functional groups attached to an aromatic ring is 1. The molecule has 0 aliphatic heterocycles. The molecule has 0 bridgehead atoms. The van der Waals surface area contributed by atoms with Crippen molar-refractivity contribution in [2.45, 2.75) is 14.7 Å². The third-order valence-corrected chi connectivity index (χ3v) is 10.1. The summed E-state index contributed by atoms with van der Waals surface area (Å²) in [5, 5.41) is 7.18. The van der Waals surface area contributed by atoms with Crippen molar-refractivity contribution >= 4 is 93.9 Å². The van der Waals surface area contributed by atoms with E-state index in [1.165, 1.54) is 48.5 Å². The smallest absolute Gasteiger partial charge is 0.744 e. The minimum Gasteiger partial charge on any atom is -0.744 e. The fourth-order valence-electron chi connectivity index (χ4n) is 5.15. The van der Waals surface area contributed by atoms with Crippen molar-refractivity contribution in [2.75, 3.05) is 21.7 Å². The summed E-state index contributed by atoms with van der Waals surface area (Å²) in [6.07, 6.45) is 0. The zero-order valence-electron chi connectivity index (χ0n) is 27.9. The summed E-state index contributed by atoms with van der Waals surface area (Å²) in [7, 11) is -15.7. The molecule has 1 aliphatic carbocycles. The number of para-hydroxylation sites is 1. The third kappa shape index (κ3) is 9.52. The average Bonchev–Trinajstić information content (AvgIpc) is 3.03. The van der Waals surface area contributed by atoms with Gasteiger partial charge in [0.05, 0.1) is 48.6 Å². The van der Waals surface area contributed by atoms with Gasteiger partial charge in [-0.15, -0.1) is 0 Å². The van der Waals surface area contributed by atoms with E-state index in [4.69, 9.17) is 17.3 Å². The number of ketones is 2. The number of nitrogens with one attached hydrogen (secondary N) is 3. The number of carbonyl (C=O) groups excluding carboxylic acids is 2. The molecular formula is C29H17ClN7Na3O11S3. The molecule has 6 rings (SSSR count). The molecule has 25 heteroatoms. The number of halogens is 1. The first kappa shape index (κ1) is 45.8. The van der Waals surface area contributed by atoms with Crippen LogP contribution in [0, 0.1) is 0 Å². The summed E-state index contributed by atoms with van der Waals surface area (Å²) < 4.78 is 109. The van der Waals surface area contributed by atoms with E-state index in [0.29, 0.717) is 6.07 Å². The Balaban J connectivity index is 0.00000261. The second-order valence-electron chi connectivity index (χ2n) is 10.5. The molecule has 1 heterocycles. The Labute approximate surface area is 378 Å². The molecule has 5 N–H and O–H groups in total. The van der Waals surface area contributed by atoms with Crippen LogP contribution in [0.2, 0.25) is 5.28 Å². The Hall–Kier alpha value is -2.55. The Bertz CT molecular complexity index is 2690. The van der Waals surface area contributed by atoms with Crippen molar-refractivity contribution < 1.29 is 137 Å². The number of fused-ring (bicyclic) bond motifs is 2. The van der Waals surface area contributed by atoms with Gasteiger partial charge in [-0.1, -0.05) is 36.4 Å². The van der Waals surface area contributed by atoms with Gasteiger partial charge in [0.15, 0.2) is 11.6 Å². The van der Waals surface area contributed by atoms with Crippen LogP contribution in [-0.4, -0.2) is 65.4 Å². The molecule has 1 aromatic heterocycles. The molecule has 0 saturated heterocycles. The number of aromatic nitrogens is 3. The van der Waals surface area contributed by atoms with Crippen LogP contribution in [0.3, 0.4) is 0 Å². The van der Waals surface area contributed by atoms with Crippen LogP contribution in [0.25, 0.3) is 0 Å². The number of carbonyl (C=O) groups is 2. The summed E-state index contributed by atoms with van der Waals surface area (Å²) >= 11 is 6.00. The van der Waals surface area contributed by atoms with Crippen molar-refractivity contribution in [1.29, 1.82) is 0 Å². The van der Waals surface area contributed by atoms with Crippen LogP contribution in [0.1, 0.15) is 31.8 Å². The number of nitrogens with zero attached hydrogens (tertiary/aromatic N) is 3. The first-order chi connectivity index (χ1) is 23.8. The molecule has 0 amide bonds. The molecule has 0 fully saturated rings. The predicted octanol–water partition coefficient (Wildman–Crippen LogP) is -6.16. The van der Waals surface area contributed by atoms with Gasteiger partial charge in [-0.25, -0.2) is 25.3 Å². The van der Waals surface area contributed by atoms with E-state index in [9.17, 15) is 48.5 Å². The molecule has 0 atom stereocenters. The summed E-state index contributed by atoms with van der Waals surface area (Å²) in [6.45, 7) is 0. The van der Waals surface area contributed by atoms with Crippen molar-refractivity contribution in [3.05, 3.63) is 100 Å². The normalized spacial score (nSPS) is 12.2. The second kappa shape index (κ2) is 17.3. The molecule has 0 spiro atoms. The maximum Gasteiger partial charge on any atom is 1.00 e. The molecule has 0 unspecified atom stereocenters. The van der Waals surface area contributed by atoms with Crippen LogP contribution in [0.15, 0.2) is 87.5 Å². The van der Waals surface area contributed by atoms with Gasteiger partial charge < -0.3 is 35.3 Å². The fraction of sp³-hybridized carbons (Fsp3) is 0. The molecule has 4 aromatic carbocycles. The number of hydrogen-bond acceptors (Lipinski definition) is 18. The quantitative estimate of drug-likeness (QED) is 0.0598. The number of hydrogen-bond donors (Lipinski definition) is 4. The van der Waals surface area contributed by atoms with Crippen LogP contribution < -0.4 is 110 Å². The molecule has 0 saturated carbocycles. The van der Waals surface area contributed by atoms with E-state index < -0.39 is 90.1 Å². The summed E-state index contributed by atoms with van der Waals surface area (Å²) in [4.78, 5) is 36.1. The molecule has 0 radical (unpaired) electrons. The van der Waals surface area contributed by atoms with Gasteiger partial charge in [-0.3, -0.25) is 9.59 Å². The van der Waals surface area contributed by atoms with Gasteiger partial charge in [0, 0.05) is 16.8 Å². The second-order valence-corrected chi connectivity index (χ2v) is 14.9. The van der Waals surface area contributed by atoms with E-state index in [1.807, 2.05) is 0 Å². The summed E-state index contributed by atoms with van der Waals surface area (Å²) in [5.74, 6) is -2.40. The standard InChI is InChI=1S/C29H20ClN7O11S3.3Na/c30-27-35-28(37-29(36-27)34-16-7-3-4-8-19(16)49(40,41)42)32-13-9-10-17(20(11-13)50(43,44)45)33-18-12-21(51(46,47)48)24(31)23-22(18)25(38)14-5-1-2-6-15(14)26(23)39;;;/h1-12,33H,31H2,(H,40,41,42)(H,43,44,45)(H,46,47,48)(H2,32,34,35,36,37);;;/q;3*+1/p-3. The van der Waals surface area contributed by atoms with Crippen molar-refractivity contribution in [3.63, 3.8) is 0 Å². The van der Waals surface area contributed by atoms with E-state index >= 15 is 0 Å². The van der Waals surface area contributed by atoms with Crippen LogP contribution in [-0.2, 0) is 30.4 Å². The first-order valence-corrected chi connectivity index (χ1v) is 18.4. The van der Waals surface area contributed by atoms with Gasteiger partial charge in [0.1, 0.15) is 30.4 Å². The molecule has 5 aromatic rings. The van der Waals surface area contributed by atoms with E-state index in [-0.39, 0.29) is 123 Å². The summed E-state index contributed by atoms with van der Waals surface area (Å²) in [6, 6.07) is 14.2. The Morgan fingerprint density at radius 2 is 1.06 bits per heavy atom. The van der Waals surface area contributed by atoms with Crippen molar-refractivity contribution in [1.82, 2.24) is 15.0 Å². The Morgan fingerprint density at radius 3 is 1.63 bits per heavy atom. The van der Waals surface area contributed by atoms with E-state index in [2.05, 4.69) is 30.9 Å².